The maximum atomic E-state index is 12.2. The number of rotatable bonds is 12. The lowest BCUT2D eigenvalue weighted by Crippen LogP contribution is -2.42. The Hall–Kier alpha value is -1.47. The number of hydrogen-bond acceptors (Lipinski definition) is 5. The number of amides is 2. The third kappa shape index (κ3) is 9.87. The van der Waals surface area contributed by atoms with Crippen LogP contribution >= 0.6 is 0 Å². The zero-order chi connectivity index (χ0) is 19.4. The monoisotopic (exact) mass is 370 g/mol. The molecular weight excluding hydrogens is 336 g/mol. The molecule has 0 atom stereocenters. The number of nitrogens with one attached hydrogen (secondary N) is 2. The van der Waals surface area contributed by atoms with E-state index in [0.29, 0.717) is 32.6 Å². The van der Waals surface area contributed by atoms with Gasteiger partial charge in [0, 0.05) is 31.3 Å². The van der Waals surface area contributed by atoms with Gasteiger partial charge in [-0.05, 0) is 39.5 Å². The van der Waals surface area contributed by atoms with Crippen molar-refractivity contribution in [2.24, 2.45) is 5.92 Å². The summed E-state index contributed by atoms with van der Waals surface area (Å²) < 4.78 is 10.6. The fourth-order valence-electron chi connectivity index (χ4n) is 2.87. The zero-order valence-corrected chi connectivity index (χ0v) is 16.3. The summed E-state index contributed by atoms with van der Waals surface area (Å²) in [5.41, 5.74) is 0. The summed E-state index contributed by atoms with van der Waals surface area (Å²) in [6.07, 6.45) is 4.16. The standard InChI is InChI=1S/C19H34N2O5/c1-4-17(22)9-11-25-12-10-20-19(24)15-5-7-16(8-6-15)21-18(23)13-26-14(2)3/h14-16H,4-13H2,1-3H3,(H,20,24)(H,21,23)/t15-,16+. The number of hydrogen-bond donors (Lipinski definition) is 2. The first-order valence-corrected chi connectivity index (χ1v) is 9.70. The van der Waals surface area contributed by atoms with Crippen LogP contribution in [-0.2, 0) is 23.9 Å². The van der Waals surface area contributed by atoms with E-state index in [-0.39, 0.29) is 42.3 Å². The highest BCUT2D eigenvalue weighted by molar-refractivity contribution is 5.79. The highest BCUT2D eigenvalue weighted by Crippen LogP contribution is 2.24. The first-order chi connectivity index (χ1) is 12.4. The number of carbonyl (C=O) groups is 3. The van der Waals surface area contributed by atoms with Crippen molar-refractivity contribution < 1.29 is 23.9 Å². The van der Waals surface area contributed by atoms with Gasteiger partial charge in [0.1, 0.15) is 12.4 Å². The van der Waals surface area contributed by atoms with Gasteiger partial charge in [-0.15, -0.1) is 0 Å². The molecule has 7 nitrogen and oxygen atoms in total. The van der Waals surface area contributed by atoms with Gasteiger partial charge in [-0.2, -0.15) is 0 Å². The second kappa shape index (κ2) is 12.8. The van der Waals surface area contributed by atoms with Crippen LogP contribution in [0.1, 0.15) is 59.3 Å². The van der Waals surface area contributed by atoms with Gasteiger partial charge in [0.05, 0.1) is 19.3 Å². The summed E-state index contributed by atoms with van der Waals surface area (Å²) >= 11 is 0. The lowest BCUT2D eigenvalue weighted by molar-refractivity contribution is -0.128. The Kier molecular flexibility index (Phi) is 11.1. The number of Topliss-reactive ketones (excluding diaryl/α,β-unsaturated/α-hetero) is 1. The molecule has 0 radical (unpaired) electrons. The summed E-state index contributed by atoms with van der Waals surface area (Å²) in [6, 6.07) is 0.127. The van der Waals surface area contributed by atoms with Crippen molar-refractivity contribution in [2.75, 3.05) is 26.4 Å². The minimum Gasteiger partial charge on any atom is -0.379 e. The SMILES string of the molecule is CCC(=O)CCOCCNC(=O)[C@H]1CC[C@@H](NC(=O)COC(C)C)CC1. The van der Waals surface area contributed by atoms with Gasteiger partial charge in [-0.3, -0.25) is 14.4 Å². The zero-order valence-electron chi connectivity index (χ0n) is 16.3. The van der Waals surface area contributed by atoms with Crippen LogP contribution in [0.2, 0.25) is 0 Å². The molecule has 0 aromatic rings. The van der Waals surface area contributed by atoms with E-state index in [1.807, 2.05) is 20.8 Å². The molecule has 0 saturated heterocycles. The Bertz CT molecular complexity index is 445. The van der Waals surface area contributed by atoms with Crippen molar-refractivity contribution in [3.63, 3.8) is 0 Å². The highest BCUT2D eigenvalue weighted by Gasteiger charge is 2.26. The molecule has 1 aliphatic carbocycles. The van der Waals surface area contributed by atoms with Crippen LogP contribution in [0.3, 0.4) is 0 Å². The van der Waals surface area contributed by atoms with Gasteiger partial charge in [0.15, 0.2) is 0 Å². The van der Waals surface area contributed by atoms with Crippen molar-refractivity contribution in [2.45, 2.75) is 71.4 Å². The minimum atomic E-state index is -0.0923. The predicted molar refractivity (Wildman–Crippen MR) is 98.7 cm³/mol. The van der Waals surface area contributed by atoms with Crippen LogP contribution in [0.5, 0.6) is 0 Å². The molecule has 0 aliphatic heterocycles. The van der Waals surface area contributed by atoms with Crippen LogP contribution in [0, 0.1) is 5.92 Å². The van der Waals surface area contributed by atoms with Crippen molar-refractivity contribution in [3.05, 3.63) is 0 Å². The third-order valence-corrected chi connectivity index (χ3v) is 4.48. The summed E-state index contributed by atoms with van der Waals surface area (Å²) in [4.78, 5) is 35.1. The van der Waals surface area contributed by atoms with Gasteiger partial charge in [-0.1, -0.05) is 6.92 Å². The van der Waals surface area contributed by atoms with E-state index in [2.05, 4.69) is 10.6 Å². The van der Waals surface area contributed by atoms with E-state index < -0.39 is 0 Å². The quantitative estimate of drug-likeness (QED) is 0.509. The van der Waals surface area contributed by atoms with Gasteiger partial charge in [0.2, 0.25) is 11.8 Å². The highest BCUT2D eigenvalue weighted by atomic mass is 16.5. The Balaban J connectivity index is 2.10. The van der Waals surface area contributed by atoms with E-state index >= 15 is 0 Å². The first-order valence-electron chi connectivity index (χ1n) is 9.70. The van der Waals surface area contributed by atoms with Crippen LogP contribution in [0.15, 0.2) is 0 Å². The Morgan fingerprint density at radius 1 is 1.08 bits per heavy atom. The van der Waals surface area contributed by atoms with Gasteiger partial charge in [0.25, 0.3) is 0 Å². The first kappa shape index (κ1) is 22.6. The van der Waals surface area contributed by atoms with Crippen molar-refractivity contribution >= 4 is 17.6 Å². The molecule has 1 saturated carbocycles. The van der Waals surface area contributed by atoms with Gasteiger partial charge >= 0.3 is 0 Å². The van der Waals surface area contributed by atoms with Crippen LogP contribution < -0.4 is 10.6 Å². The fraction of sp³-hybridized carbons (Fsp3) is 0.842. The number of ketones is 1. The third-order valence-electron chi connectivity index (χ3n) is 4.48. The van der Waals surface area contributed by atoms with E-state index in [1.165, 1.54) is 0 Å². The topological polar surface area (TPSA) is 93.7 Å². The Morgan fingerprint density at radius 2 is 1.77 bits per heavy atom. The smallest absolute Gasteiger partial charge is 0.246 e. The van der Waals surface area contributed by atoms with E-state index in [4.69, 9.17) is 9.47 Å². The van der Waals surface area contributed by atoms with Crippen LogP contribution in [-0.4, -0.2) is 56.1 Å². The second-order valence-corrected chi connectivity index (χ2v) is 7.02. The van der Waals surface area contributed by atoms with E-state index in [1.54, 1.807) is 0 Å². The summed E-state index contributed by atoms with van der Waals surface area (Å²) in [5.74, 6) is 0.141. The average molecular weight is 370 g/mol. The van der Waals surface area contributed by atoms with Gasteiger partial charge in [-0.25, -0.2) is 0 Å². The molecule has 1 aliphatic rings. The van der Waals surface area contributed by atoms with Crippen LogP contribution in [0.25, 0.3) is 0 Å². The molecule has 2 amide bonds. The molecule has 0 unspecified atom stereocenters. The molecule has 0 aromatic carbocycles. The van der Waals surface area contributed by atoms with Crippen molar-refractivity contribution in [1.82, 2.24) is 10.6 Å². The Labute approximate surface area is 156 Å². The molecule has 1 fully saturated rings. The van der Waals surface area contributed by atoms with E-state index in [0.717, 1.165) is 25.7 Å². The molecule has 7 heteroatoms. The second-order valence-electron chi connectivity index (χ2n) is 7.02. The fourth-order valence-corrected chi connectivity index (χ4v) is 2.87. The lowest BCUT2D eigenvalue weighted by atomic mass is 9.85. The minimum absolute atomic E-state index is 0.00302. The molecule has 0 spiro atoms. The summed E-state index contributed by atoms with van der Waals surface area (Å²) in [6.45, 7) is 7.00. The maximum Gasteiger partial charge on any atom is 0.246 e. The molecule has 0 heterocycles. The van der Waals surface area contributed by atoms with E-state index in [9.17, 15) is 14.4 Å². The van der Waals surface area contributed by atoms with Crippen LogP contribution in [0.4, 0.5) is 0 Å². The summed E-state index contributed by atoms with van der Waals surface area (Å²) in [7, 11) is 0. The van der Waals surface area contributed by atoms with Crippen molar-refractivity contribution in [3.8, 4) is 0 Å². The summed E-state index contributed by atoms with van der Waals surface area (Å²) in [5, 5.41) is 5.86. The Morgan fingerprint density at radius 3 is 2.38 bits per heavy atom. The number of carbonyl (C=O) groups excluding carboxylic acids is 3. The normalized spacial score (nSPS) is 20.0. The number of ether oxygens (including phenoxy) is 2. The molecule has 0 aromatic heterocycles. The van der Waals surface area contributed by atoms with Gasteiger partial charge < -0.3 is 20.1 Å². The molecule has 26 heavy (non-hydrogen) atoms. The molecule has 0 bridgehead atoms. The van der Waals surface area contributed by atoms with Crippen molar-refractivity contribution in [1.29, 1.82) is 0 Å². The molecule has 2 N–H and O–H groups in total. The predicted octanol–water partition coefficient (Wildman–Crippen LogP) is 1.59. The average Bonchev–Trinajstić information content (AvgIpc) is 2.63. The largest absolute Gasteiger partial charge is 0.379 e. The molecular formula is C19H34N2O5. The molecule has 1 rings (SSSR count). The molecule has 150 valence electrons. The maximum absolute atomic E-state index is 12.2. The lowest BCUT2D eigenvalue weighted by Gasteiger charge is -2.28.